The van der Waals surface area contributed by atoms with E-state index in [0.717, 1.165) is 6.07 Å². The second kappa shape index (κ2) is 7.09. The van der Waals surface area contributed by atoms with Gasteiger partial charge in [-0.15, -0.1) is 0 Å². The van der Waals surface area contributed by atoms with Crippen LogP contribution >= 0.6 is 0 Å². The second-order valence-corrected chi connectivity index (χ2v) is 4.33. The van der Waals surface area contributed by atoms with Gasteiger partial charge in [0.15, 0.2) is 0 Å². The Bertz CT molecular complexity index is 412. The lowest BCUT2D eigenvalue weighted by atomic mass is 10.1. The van der Waals surface area contributed by atoms with Crippen molar-refractivity contribution >= 4 is 5.91 Å². The standard InChI is InChI=1S/C14H20FNO3/c1-3-10(4-2)16(8-9-17)14(19)13-11(15)6-5-7-12(13)18/h5-7,10,17-18H,3-4,8-9H2,1-2H3. The van der Waals surface area contributed by atoms with Gasteiger partial charge in [0.25, 0.3) is 5.91 Å². The summed E-state index contributed by atoms with van der Waals surface area (Å²) in [5, 5.41) is 18.7. The molecule has 0 aliphatic heterocycles. The van der Waals surface area contributed by atoms with E-state index in [1.807, 2.05) is 13.8 Å². The van der Waals surface area contributed by atoms with E-state index in [1.165, 1.54) is 17.0 Å². The molecule has 1 aromatic carbocycles. The molecule has 4 nitrogen and oxygen atoms in total. The highest BCUT2D eigenvalue weighted by atomic mass is 19.1. The van der Waals surface area contributed by atoms with Crippen LogP contribution in [0.2, 0.25) is 0 Å². The van der Waals surface area contributed by atoms with E-state index >= 15 is 0 Å². The molecule has 1 amide bonds. The molecule has 0 unspecified atom stereocenters. The monoisotopic (exact) mass is 269 g/mol. The lowest BCUT2D eigenvalue weighted by Crippen LogP contribution is -2.42. The van der Waals surface area contributed by atoms with Gasteiger partial charge in [-0.05, 0) is 25.0 Å². The molecule has 0 bridgehead atoms. The van der Waals surface area contributed by atoms with Crippen LogP contribution in [-0.4, -0.2) is 40.2 Å². The SMILES string of the molecule is CCC(CC)N(CCO)C(=O)c1c(O)cccc1F. The van der Waals surface area contributed by atoms with E-state index < -0.39 is 11.7 Å². The summed E-state index contributed by atoms with van der Waals surface area (Å²) in [6, 6.07) is 3.67. The zero-order valence-electron chi connectivity index (χ0n) is 11.3. The summed E-state index contributed by atoms with van der Waals surface area (Å²) in [5.41, 5.74) is -0.331. The van der Waals surface area contributed by atoms with Gasteiger partial charge in [-0.2, -0.15) is 0 Å². The fourth-order valence-corrected chi connectivity index (χ4v) is 2.16. The van der Waals surface area contributed by atoms with Gasteiger partial charge >= 0.3 is 0 Å². The fourth-order valence-electron chi connectivity index (χ4n) is 2.16. The van der Waals surface area contributed by atoms with Crippen molar-refractivity contribution in [1.82, 2.24) is 4.90 Å². The number of carbonyl (C=O) groups is 1. The Morgan fingerprint density at radius 3 is 2.47 bits per heavy atom. The van der Waals surface area contributed by atoms with Crippen LogP contribution in [0.15, 0.2) is 18.2 Å². The maximum atomic E-state index is 13.7. The molecule has 0 fully saturated rings. The number of aromatic hydroxyl groups is 1. The second-order valence-electron chi connectivity index (χ2n) is 4.33. The van der Waals surface area contributed by atoms with Gasteiger partial charge in [-0.25, -0.2) is 4.39 Å². The van der Waals surface area contributed by atoms with Crippen LogP contribution in [0.5, 0.6) is 5.75 Å². The number of hydrogen-bond donors (Lipinski definition) is 2. The van der Waals surface area contributed by atoms with Gasteiger partial charge in [-0.3, -0.25) is 4.79 Å². The number of aliphatic hydroxyl groups is 1. The number of hydrogen-bond acceptors (Lipinski definition) is 3. The summed E-state index contributed by atoms with van der Waals surface area (Å²) >= 11 is 0. The van der Waals surface area contributed by atoms with Crippen LogP contribution in [0.3, 0.4) is 0 Å². The first kappa shape index (κ1) is 15.4. The summed E-state index contributed by atoms with van der Waals surface area (Å²) in [6.45, 7) is 3.77. The molecule has 0 aromatic heterocycles. The third-order valence-corrected chi connectivity index (χ3v) is 3.19. The molecule has 1 rings (SSSR count). The largest absolute Gasteiger partial charge is 0.507 e. The molecule has 0 atom stereocenters. The van der Waals surface area contributed by atoms with Gasteiger partial charge in [0.05, 0.1) is 6.61 Å². The molecular weight excluding hydrogens is 249 g/mol. The quantitative estimate of drug-likeness (QED) is 0.832. The van der Waals surface area contributed by atoms with Crippen molar-refractivity contribution in [1.29, 1.82) is 0 Å². The lowest BCUT2D eigenvalue weighted by molar-refractivity contribution is 0.0614. The lowest BCUT2D eigenvalue weighted by Gasteiger charge is -2.30. The van der Waals surface area contributed by atoms with Crippen molar-refractivity contribution in [2.75, 3.05) is 13.2 Å². The molecule has 0 aliphatic rings. The van der Waals surface area contributed by atoms with Crippen molar-refractivity contribution in [3.8, 4) is 5.75 Å². The molecule has 0 spiro atoms. The van der Waals surface area contributed by atoms with Crippen molar-refractivity contribution in [2.45, 2.75) is 32.7 Å². The highest BCUT2D eigenvalue weighted by Crippen LogP contribution is 2.23. The molecule has 106 valence electrons. The minimum Gasteiger partial charge on any atom is -0.507 e. The predicted molar refractivity (Wildman–Crippen MR) is 70.6 cm³/mol. The number of rotatable bonds is 6. The summed E-state index contributed by atoms with van der Waals surface area (Å²) in [6.07, 6.45) is 1.41. The average Bonchev–Trinajstić information content (AvgIpc) is 2.38. The number of carbonyl (C=O) groups excluding carboxylic acids is 1. The molecule has 2 N–H and O–H groups in total. The van der Waals surface area contributed by atoms with E-state index in [9.17, 15) is 14.3 Å². The minimum atomic E-state index is -0.751. The van der Waals surface area contributed by atoms with Crippen molar-refractivity contribution in [3.05, 3.63) is 29.6 Å². The van der Waals surface area contributed by atoms with Gasteiger partial charge < -0.3 is 15.1 Å². The van der Waals surface area contributed by atoms with Crippen LogP contribution in [0, 0.1) is 5.82 Å². The number of aliphatic hydroxyl groups excluding tert-OH is 1. The Hall–Kier alpha value is -1.62. The van der Waals surface area contributed by atoms with E-state index in [2.05, 4.69) is 0 Å². The van der Waals surface area contributed by atoms with Crippen molar-refractivity contribution in [2.24, 2.45) is 0 Å². The maximum Gasteiger partial charge on any atom is 0.260 e. The maximum absolute atomic E-state index is 13.7. The minimum absolute atomic E-state index is 0.0846. The molecule has 0 radical (unpaired) electrons. The normalized spacial score (nSPS) is 10.8. The fraction of sp³-hybridized carbons (Fsp3) is 0.500. The van der Waals surface area contributed by atoms with Crippen LogP contribution in [-0.2, 0) is 0 Å². The molecule has 0 saturated carbocycles. The van der Waals surface area contributed by atoms with Gasteiger partial charge in [0, 0.05) is 12.6 Å². The van der Waals surface area contributed by atoms with E-state index in [0.29, 0.717) is 12.8 Å². The van der Waals surface area contributed by atoms with Gasteiger partial charge in [0.2, 0.25) is 0 Å². The number of nitrogens with zero attached hydrogens (tertiary/aromatic N) is 1. The van der Waals surface area contributed by atoms with E-state index in [1.54, 1.807) is 0 Å². The number of phenolic OH excluding ortho intramolecular Hbond substituents is 1. The molecule has 0 heterocycles. The average molecular weight is 269 g/mol. The van der Waals surface area contributed by atoms with Gasteiger partial charge in [0.1, 0.15) is 17.1 Å². The summed E-state index contributed by atoms with van der Waals surface area (Å²) in [5.74, 6) is -1.71. The Morgan fingerprint density at radius 2 is 2.00 bits per heavy atom. The van der Waals surface area contributed by atoms with Crippen molar-refractivity contribution in [3.63, 3.8) is 0 Å². The Morgan fingerprint density at radius 1 is 1.37 bits per heavy atom. The van der Waals surface area contributed by atoms with Crippen molar-refractivity contribution < 1.29 is 19.4 Å². The van der Waals surface area contributed by atoms with Crippen LogP contribution in [0.25, 0.3) is 0 Å². The Kier molecular flexibility index (Phi) is 5.76. The smallest absolute Gasteiger partial charge is 0.260 e. The highest BCUT2D eigenvalue weighted by Gasteiger charge is 2.26. The first-order valence-corrected chi connectivity index (χ1v) is 6.46. The van der Waals surface area contributed by atoms with Crippen LogP contribution in [0.4, 0.5) is 4.39 Å². The van der Waals surface area contributed by atoms with E-state index in [-0.39, 0.29) is 30.5 Å². The number of benzene rings is 1. The topological polar surface area (TPSA) is 60.8 Å². The number of halogens is 1. The number of amides is 1. The summed E-state index contributed by atoms with van der Waals surface area (Å²) < 4.78 is 13.7. The van der Waals surface area contributed by atoms with Crippen LogP contribution in [0.1, 0.15) is 37.0 Å². The zero-order valence-corrected chi connectivity index (χ0v) is 11.3. The Balaban J connectivity index is 3.12. The summed E-state index contributed by atoms with van der Waals surface area (Å²) in [7, 11) is 0. The third-order valence-electron chi connectivity index (χ3n) is 3.19. The predicted octanol–water partition coefficient (Wildman–Crippen LogP) is 2.15. The molecule has 0 aliphatic carbocycles. The Labute approximate surface area is 112 Å². The first-order valence-electron chi connectivity index (χ1n) is 6.46. The van der Waals surface area contributed by atoms with E-state index in [4.69, 9.17) is 5.11 Å². The third kappa shape index (κ3) is 3.44. The van der Waals surface area contributed by atoms with Gasteiger partial charge in [-0.1, -0.05) is 19.9 Å². The zero-order chi connectivity index (χ0) is 14.4. The molecule has 1 aromatic rings. The van der Waals surface area contributed by atoms with Crippen LogP contribution < -0.4 is 0 Å². The molecular formula is C14H20FNO3. The molecule has 5 heteroatoms. The number of phenols is 1. The molecule has 0 saturated heterocycles. The highest BCUT2D eigenvalue weighted by molar-refractivity contribution is 5.97. The summed E-state index contributed by atoms with van der Waals surface area (Å²) in [4.78, 5) is 13.8. The molecule has 19 heavy (non-hydrogen) atoms. The first-order chi connectivity index (χ1) is 9.06.